The summed E-state index contributed by atoms with van der Waals surface area (Å²) < 4.78 is 19.6. The molecule has 2 atom stereocenters. The lowest BCUT2D eigenvalue weighted by molar-refractivity contribution is -0.127. The Bertz CT molecular complexity index is 755. The van der Waals surface area contributed by atoms with Crippen molar-refractivity contribution in [3.8, 4) is 0 Å². The second kappa shape index (κ2) is 10.8. The molecule has 7 nitrogen and oxygen atoms in total. The number of nitrogens with zero attached hydrogens (tertiary/aromatic N) is 3. The first-order valence-electron chi connectivity index (χ1n) is 10.5. The molecule has 2 saturated heterocycles. The highest BCUT2D eigenvalue weighted by atomic mass is 35.5. The molecule has 0 aliphatic carbocycles. The molecule has 0 radical (unpaired) electrons. The topological polar surface area (TPSA) is 69.2 Å². The molecule has 0 aromatic heterocycles. The maximum Gasteiger partial charge on any atom is 0.243 e. The highest BCUT2D eigenvalue weighted by Crippen LogP contribution is 2.25. The number of hydrogen-bond donors (Lipinski definition) is 2. The first-order valence-corrected chi connectivity index (χ1v) is 10.9. The van der Waals surface area contributed by atoms with Gasteiger partial charge in [-0.3, -0.25) is 4.79 Å². The first-order chi connectivity index (χ1) is 14.4. The molecule has 2 unspecified atom stereocenters. The normalized spacial score (nSPS) is 22.1. The van der Waals surface area contributed by atoms with Crippen LogP contribution in [0.15, 0.2) is 23.2 Å². The predicted molar refractivity (Wildman–Crippen MR) is 118 cm³/mol. The van der Waals surface area contributed by atoms with Crippen LogP contribution in [0.2, 0.25) is 5.02 Å². The number of ether oxygens (including phenoxy) is 1. The second-order valence-electron chi connectivity index (χ2n) is 8.00. The average Bonchev–Trinajstić information content (AvgIpc) is 3.21. The van der Waals surface area contributed by atoms with E-state index >= 15 is 0 Å². The number of aliphatic imine (C=N–C) groups is 1. The molecule has 0 bridgehead atoms. The van der Waals surface area contributed by atoms with Crippen molar-refractivity contribution in [2.45, 2.75) is 37.8 Å². The lowest BCUT2D eigenvalue weighted by Gasteiger charge is -2.25. The van der Waals surface area contributed by atoms with Crippen LogP contribution in [0.1, 0.15) is 25.7 Å². The van der Waals surface area contributed by atoms with Crippen molar-refractivity contribution in [3.63, 3.8) is 0 Å². The van der Waals surface area contributed by atoms with Crippen molar-refractivity contribution in [1.29, 1.82) is 0 Å². The van der Waals surface area contributed by atoms with Crippen molar-refractivity contribution in [1.82, 2.24) is 15.5 Å². The maximum absolute atomic E-state index is 13.8. The van der Waals surface area contributed by atoms with Gasteiger partial charge in [0.2, 0.25) is 5.91 Å². The summed E-state index contributed by atoms with van der Waals surface area (Å²) in [5.41, 5.74) is 0.811. The minimum absolute atomic E-state index is 0.0605. The summed E-state index contributed by atoms with van der Waals surface area (Å²) in [6.45, 7) is 3.03. The van der Waals surface area contributed by atoms with Gasteiger partial charge in [0.05, 0.1) is 11.1 Å². The Hall–Kier alpha value is -2.06. The van der Waals surface area contributed by atoms with E-state index in [2.05, 4.69) is 20.5 Å². The maximum atomic E-state index is 13.8. The van der Waals surface area contributed by atoms with E-state index in [1.165, 1.54) is 17.4 Å². The molecule has 2 fully saturated rings. The van der Waals surface area contributed by atoms with E-state index in [1.54, 1.807) is 20.2 Å². The Morgan fingerprint density at radius 2 is 2.20 bits per heavy atom. The van der Waals surface area contributed by atoms with Crippen LogP contribution in [0, 0.1) is 5.82 Å². The monoisotopic (exact) mass is 439 g/mol. The predicted octanol–water partition coefficient (Wildman–Crippen LogP) is 2.25. The molecule has 1 amide bonds. The molecule has 3 rings (SSSR count). The fourth-order valence-corrected chi connectivity index (χ4v) is 3.72. The van der Waals surface area contributed by atoms with Crippen LogP contribution in [0.5, 0.6) is 0 Å². The van der Waals surface area contributed by atoms with Gasteiger partial charge in [-0.05, 0) is 43.9 Å². The molecular formula is C21H31ClFN5O2. The summed E-state index contributed by atoms with van der Waals surface area (Å²) in [7, 11) is 3.43. The molecule has 2 aliphatic rings. The minimum atomic E-state index is -0.413. The molecule has 2 aliphatic heterocycles. The minimum Gasteiger partial charge on any atom is -0.376 e. The number of nitrogens with one attached hydrogen (secondary N) is 2. The number of anilines is 1. The fraction of sp³-hybridized carbons (Fsp3) is 0.619. The Morgan fingerprint density at radius 3 is 2.90 bits per heavy atom. The van der Waals surface area contributed by atoms with Gasteiger partial charge in [-0.15, -0.1) is 0 Å². The Balaban J connectivity index is 1.59. The van der Waals surface area contributed by atoms with E-state index in [0.717, 1.165) is 38.1 Å². The molecule has 0 saturated carbocycles. The number of rotatable bonds is 6. The number of hydrogen-bond acceptors (Lipinski definition) is 4. The van der Waals surface area contributed by atoms with Crippen LogP contribution in [0.3, 0.4) is 0 Å². The number of likely N-dealkylation sites (N-methyl/N-ethyl adjacent to an activating group) is 1. The summed E-state index contributed by atoms with van der Waals surface area (Å²) in [5.74, 6) is 0.132. The molecule has 30 heavy (non-hydrogen) atoms. The fourth-order valence-electron chi connectivity index (χ4n) is 3.61. The molecule has 166 valence electrons. The van der Waals surface area contributed by atoms with Crippen molar-refractivity contribution >= 4 is 29.2 Å². The molecule has 1 aromatic carbocycles. The van der Waals surface area contributed by atoms with Crippen LogP contribution < -0.4 is 15.5 Å². The quantitative estimate of drug-likeness (QED) is 0.525. The third kappa shape index (κ3) is 6.47. The zero-order valence-corrected chi connectivity index (χ0v) is 18.4. The van der Waals surface area contributed by atoms with Gasteiger partial charge in [-0.2, -0.15) is 0 Å². The zero-order chi connectivity index (χ0) is 21.5. The average molecular weight is 440 g/mol. The van der Waals surface area contributed by atoms with Gasteiger partial charge in [0.1, 0.15) is 12.4 Å². The van der Waals surface area contributed by atoms with E-state index in [9.17, 15) is 9.18 Å². The van der Waals surface area contributed by atoms with Crippen LogP contribution in [-0.2, 0) is 9.53 Å². The smallest absolute Gasteiger partial charge is 0.243 e. The molecule has 2 heterocycles. The number of halogens is 2. The van der Waals surface area contributed by atoms with E-state index in [0.29, 0.717) is 19.0 Å². The second-order valence-corrected chi connectivity index (χ2v) is 8.40. The lowest BCUT2D eigenvalue weighted by atomic mass is 10.1. The van der Waals surface area contributed by atoms with Crippen molar-refractivity contribution in [2.24, 2.45) is 4.99 Å². The Morgan fingerprint density at radius 1 is 1.37 bits per heavy atom. The number of guanidine groups is 1. The van der Waals surface area contributed by atoms with Gasteiger partial charge in [-0.1, -0.05) is 11.6 Å². The van der Waals surface area contributed by atoms with Crippen LogP contribution in [-0.4, -0.2) is 75.8 Å². The summed E-state index contributed by atoms with van der Waals surface area (Å²) in [6, 6.07) is 5.01. The summed E-state index contributed by atoms with van der Waals surface area (Å²) >= 11 is 5.80. The van der Waals surface area contributed by atoms with Crippen molar-refractivity contribution in [2.75, 3.05) is 51.8 Å². The van der Waals surface area contributed by atoms with Crippen LogP contribution in [0.25, 0.3) is 0 Å². The standard InChI is InChI=1S/C21H31ClFN5O2/c1-27(2)20(29)13-25-21(24-12-17-5-3-4-10-30-17)26-15-8-9-28(14-15)16-6-7-18(22)19(23)11-16/h6-7,11,15,17H,3-5,8-10,12-14H2,1-2H3,(H2,24,25,26). The van der Waals surface area contributed by atoms with Crippen molar-refractivity contribution in [3.05, 3.63) is 29.0 Å². The van der Waals surface area contributed by atoms with Gasteiger partial charge >= 0.3 is 0 Å². The molecule has 0 spiro atoms. The Kier molecular flexibility index (Phi) is 8.16. The summed E-state index contributed by atoms with van der Waals surface area (Å²) in [4.78, 5) is 20.1. The molecule has 9 heteroatoms. The van der Waals surface area contributed by atoms with Gasteiger partial charge < -0.3 is 25.2 Å². The molecule has 1 aromatic rings. The third-order valence-corrected chi connectivity index (χ3v) is 5.75. The molecular weight excluding hydrogens is 409 g/mol. The number of carbonyl (C=O) groups is 1. The molecule has 2 N–H and O–H groups in total. The SMILES string of the molecule is CN(C)C(=O)CN=C(NCC1CCCCO1)NC1CCN(c2ccc(Cl)c(F)c2)C1. The lowest BCUT2D eigenvalue weighted by Crippen LogP contribution is -2.47. The highest BCUT2D eigenvalue weighted by molar-refractivity contribution is 6.30. The number of benzene rings is 1. The van der Waals surface area contributed by atoms with Crippen LogP contribution in [0.4, 0.5) is 10.1 Å². The van der Waals surface area contributed by atoms with E-state index < -0.39 is 5.82 Å². The number of amides is 1. The highest BCUT2D eigenvalue weighted by Gasteiger charge is 2.25. The Labute approximate surface area is 182 Å². The largest absolute Gasteiger partial charge is 0.376 e. The first kappa shape index (κ1) is 22.6. The van der Waals surface area contributed by atoms with E-state index in [1.807, 2.05) is 6.07 Å². The third-order valence-electron chi connectivity index (χ3n) is 5.44. The summed E-state index contributed by atoms with van der Waals surface area (Å²) in [5, 5.41) is 6.88. The van der Waals surface area contributed by atoms with Crippen LogP contribution >= 0.6 is 11.6 Å². The summed E-state index contributed by atoms with van der Waals surface area (Å²) in [6.07, 6.45) is 4.34. The van der Waals surface area contributed by atoms with Gasteiger partial charge in [0, 0.05) is 52.1 Å². The zero-order valence-electron chi connectivity index (χ0n) is 17.7. The van der Waals surface area contributed by atoms with Gasteiger partial charge in [-0.25, -0.2) is 9.38 Å². The van der Waals surface area contributed by atoms with Gasteiger partial charge in [0.25, 0.3) is 0 Å². The van der Waals surface area contributed by atoms with E-state index in [4.69, 9.17) is 16.3 Å². The van der Waals surface area contributed by atoms with Crippen molar-refractivity contribution < 1.29 is 13.9 Å². The number of carbonyl (C=O) groups excluding carboxylic acids is 1. The van der Waals surface area contributed by atoms with E-state index in [-0.39, 0.29) is 29.6 Å². The van der Waals surface area contributed by atoms with Gasteiger partial charge in [0.15, 0.2) is 5.96 Å².